The molecule has 0 saturated carbocycles. The molecule has 0 aromatic heterocycles. The first kappa shape index (κ1) is 93.4. The summed E-state index contributed by atoms with van der Waals surface area (Å²) in [5, 5.41) is 0. The van der Waals surface area contributed by atoms with Gasteiger partial charge in [-0.3, -0.25) is 43.2 Å². The van der Waals surface area contributed by atoms with Crippen LogP contribution in [0.15, 0.2) is 0 Å². The maximum absolute atomic E-state index is 7.50. The zero-order chi connectivity index (χ0) is 18.0. The number of rotatable bonds is 0. The van der Waals surface area contributed by atoms with Crippen molar-refractivity contribution in [3.63, 3.8) is 0 Å². The first-order valence-electron chi connectivity index (χ1n) is 1.84. The van der Waals surface area contributed by atoms with Crippen LogP contribution in [-0.4, -0.2) is 61.1 Å². The molecule has 0 N–H and O–H groups in total. The molecular weight excluding hydrogens is 311 g/mol. The molecule has 0 amide bonds. The Morgan fingerprint density at radius 3 is 0.211 bits per heavy atom. The van der Waals surface area contributed by atoms with E-state index in [0.717, 1.165) is 0 Å². The average Bonchev–Trinajstić information content (AvgIpc) is 2.63. The van der Waals surface area contributed by atoms with Gasteiger partial charge in [0, 0.05) is 16.8 Å². The Morgan fingerprint density at radius 1 is 0.211 bits per heavy atom. The summed E-state index contributed by atoms with van der Waals surface area (Å²) in [6, 6.07) is 0. The molecule has 0 unspecified atom stereocenters. The van der Waals surface area contributed by atoms with Gasteiger partial charge in [-0.15, -0.1) is 0 Å². The van der Waals surface area contributed by atoms with Crippen molar-refractivity contribution in [2.24, 2.45) is 0 Å². The molecule has 0 aromatic carbocycles. The summed E-state index contributed by atoms with van der Waals surface area (Å²) in [5.74, 6) is 0. The van der Waals surface area contributed by atoms with Crippen LogP contribution in [0.4, 0.5) is 0 Å². The second-order valence-electron chi connectivity index (χ2n) is 0. The summed E-state index contributed by atoms with van der Waals surface area (Å²) in [4.78, 5) is 67.5. The minimum Gasteiger partial charge on any atom is -0.281 e. The standard InChI is InChI=1S/9CO.Co/c9*1-2;. The fourth-order valence-electron chi connectivity index (χ4n) is 0. The van der Waals surface area contributed by atoms with E-state index in [1.807, 2.05) is 0 Å². The van der Waals surface area contributed by atoms with Gasteiger partial charge >= 0.3 is 0 Å². The van der Waals surface area contributed by atoms with Crippen molar-refractivity contribution in [1.29, 1.82) is 0 Å². The molecule has 0 heterocycles. The van der Waals surface area contributed by atoms with E-state index in [4.69, 9.17) is 43.2 Å². The Bertz CT molecular complexity index is 52.2. The van der Waals surface area contributed by atoms with Crippen molar-refractivity contribution in [3.8, 4) is 0 Å². The Kier molecular flexibility index (Phi) is 2660. The van der Waals surface area contributed by atoms with Gasteiger partial charge in [0.05, 0.1) is 0 Å². The second kappa shape index (κ2) is 541. The SMILES string of the molecule is [C]=O.[C]=O.[C]=O.[C]=O.[C]=O.[C]=O.[C]=O.[C]=O.[C]=O.[Co]. The average molecular weight is 311 g/mol. The van der Waals surface area contributed by atoms with Gasteiger partial charge in [0.15, 0.2) is 0 Å². The Labute approximate surface area is 121 Å². The summed E-state index contributed by atoms with van der Waals surface area (Å²) in [7, 11) is 0. The van der Waals surface area contributed by atoms with Crippen molar-refractivity contribution >= 4 is 61.1 Å². The van der Waals surface area contributed by atoms with Gasteiger partial charge in [0.25, 0.3) is 61.1 Å². The Hall–Kier alpha value is -2.46. The molecular formula is C9CoO9. The van der Waals surface area contributed by atoms with E-state index in [0.29, 0.717) is 0 Å². The van der Waals surface area contributed by atoms with E-state index in [1.54, 1.807) is 0 Å². The van der Waals surface area contributed by atoms with Crippen LogP contribution in [-0.2, 0) is 59.9 Å². The number of carbonyl (C=O) groups excluding carboxylic acids is 9. The molecule has 0 spiro atoms. The maximum atomic E-state index is 7.50. The van der Waals surface area contributed by atoms with Crippen LogP contribution in [0.3, 0.4) is 0 Å². The third-order valence-electron chi connectivity index (χ3n) is 0. The smallest absolute Gasteiger partial charge is 0.281 e. The molecule has 0 saturated heterocycles. The molecule has 0 aliphatic heterocycles. The van der Waals surface area contributed by atoms with Crippen LogP contribution in [0.25, 0.3) is 0 Å². The quantitative estimate of drug-likeness (QED) is 0.441. The van der Waals surface area contributed by atoms with Gasteiger partial charge < -0.3 is 0 Å². The molecule has 0 aliphatic carbocycles. The van der Waals surface area contributed by atoms with Crippen LogP contribution >= 0.6 is 0 Å². The zero-order valence-electron chi connectivity index (χ0n) is 8.51. The van der Waals surface area contributed by atoms with Gasteiger partial charge in [-0.25, -0.2) is 0 Å². The molecule has 9 nitrogen and oxygen atoms in total. The Morgan fingerprint density at radius 2 is 0.211 bits per heavy atom. The van der Waals surface area contributed by atoms with E-state index in [9.17, 15) is 0 Å². The second-order valence-corrected chi connectivity index (χ2v) is 0. The van der Waals surface area contributed by atoms with E-state index in [-0.39, 0.29) is 16.8 Å². The van der Waals surface area contributed by atoms with Gasteiger partial charge in [-0.1, -0.05) is 0 Å². The molecule has 0 bridgehead atoms. The summed E-state index contributed by atoms with van der Waals surface area (Å²) in [6.07, 6.45) is 0. The predicted molar refractivity (Wildman–Crippen MR) is 51.2 cm³/mol. The Balaban J connectivity index is -0.00000000596. The molecule has 10 heteroatoms. The summed E-state index contributed by atoms with van der Waals surface area (Å²) in [6.45, 7) is 40.5. The maximum Gasteiger partial charge on any atom is 0.281 e. The first-order valence-corrected chi connectivity index (χ1v) is 1.84. The molecule has 19 heavy (non-hydrogen) atoms. The summed E-state index contributed by atoms with van der Waals surface area (Å²) in [5.41, 5.74) is 0. The van der Waals surface area contributed by atoms with Crippen LogP contribution in [0.1, 0.15) is 0 Å². The predicted octanol–water partition coefficient (Wildman–Crippen LogP) is -3.58. The van der Waals surface area contributed by atoms with E-state index >= 15 is 0 Å². The first-order chi connectivity index (χ1) is 9.00. The third-order valence-corrected chi connectivity index (χ3v) is 0. The fraction of sp³-hybridized carbons (Fsp3) is 0. The van der Waals surface area contributed by atoms with E-state index in [1.165, 1.54) is 0 Å². The zero-order valence-corrected chi connectivity index (χ0v) is 9.55. The van der Waals surface area contributed by atoms with Crippen LogP contribution in [0, 0.1) is 0 Å². The monoisotopic (exact) mass is 311 g/mol. The molecule has 0 atom stereocenters. The molecule has 0 fully saturated rings. The van der Waals surface area contributed by atoms with Crippen LogP contribution in [0.5, 0.6) is 0 Å². The van der Waals surface area contributed by atoms with Gasteiger partial charge in [0.2, 0.25) is 0 Å². The number of hydrogen-bond donors (Lipinski definition) is 0. The largest absolute Gasteiger partial charge is 0.281 e. The topological polar surface area (TPSA) is 154 Å². The summed E-state index contributed by atoms with van der Waals surface area (Å²) < 4.78 is 0. The molecule has 99 valence electrons. The van der Waals surface area contributed by atoms with Gasteiger partial charge in [0.1, 0.15) is 0 Å². The van der Waals surface area contributed by atoms with Gasteiger partial charge in [-0.2, -0.15) is 0 Å². The van der Waals surface area contributed by atoms with Crippen LogP contribution < -0.4 is 0 Å². The normalized spacial score (nSPS) is 1.89. The van der Waals surface area contributed by atoms with Crippen molar-refractivity contribution in [1.82, 2.24) is 0 Å². The van der Waals surface area contributed by atoms with Crippen molar-refractivity contribution in [2.75, 3.05) is 0 Å². The fourth-order valence-corrected chi connectivity index (χ4v) is 0. The number of hydrogen-bond acceptors (Lipinski definition) is 9. The minimum atomic E-state index is 0. The molecule has 0 aliphatic rings. The third kappa shape index (κ3) is 469. The molecule has 0 rings (SSSR count). The van der Waals surface area contributed by atoms with E-state index in [2.05, 4.69) is 61.1 Å². The van der Waals surface area contributed by atoms with E-state index < -0.39 is 0 Å². The van der Waals surface area contributed by atoms with Crippen LogP contribution in [0.2, 0.25) is 0 Å². The van der Waals surface area contributed by atoms with Crippen molar-refractivity contribution in [2.45, 2.75) is 0 Å². The van der Waals surface area contributed by atoms with Gasteiger partial charge in [-0.05, 0) is 0 Å². The van der Waals surface area contributed by atoms with Crippen molar-refractivity contribution in [3.05, 3.63) is 0 Å². The molecule has 19 radical (unpaired) electrons. The molecule has 0 aromatic rings. The van der Waals surface area contributed by atoms with Crippen molar-refractivity contribution < 1.29 is 59.9 Å². The summed E-state index contributed by atoms with van der Waals surface area (Å²) >= 11 is 0. The minimum absolute atomic E-state index is 0.